The van der Waals surface area contributed by atoms with Gasteiger partial charge < -0.3 is 20.9 Å². The van der Waals surface area contributed by atoms with Crippen molar-refractivity contribution in [1.82, 2.24) is 15.2 Å². The predicted octanol–water partition coefficient (Wildman–Crippen LogP) is 0.338. The summed E-state index contributed by atoms with van der Waals surface area (Å²) in [5.41, 5.74) is 6.63. The number of carbonyl (C=O) groups is 2. The normalized spacial score (nSPS) is 19.6. The van der Waals surface area contributed by atoms with Gasteiger partial charge >= 0.3 is 0 Å². The lowest BCUT2D eigenvalue weighted by molar-refractivity contribution is -0.120. The summed E-state index contributed by atoms with van der Waals surface area (Å²) in [5.74, 6) is -0.125. The minimum Gasteiger partial charge on any atom is -0.397 e. The van der Waals surface area contributed by atoms with Crippen LogP contribution in [0.4, 0.5) is 5.69 Å². The molecular formula is C12H18N4O2. The molecule has 4 N–H and O–H groups in total. The molecule has 0 aliphatic carbocycles. The highest BCUT2D eigenvalue weighted by Crippen LogP contribution is 2.14. The van der Waals surface area contributed by atoms with Crippen LogP contribution in [0.5, 0.6) is 0 Å². The van der Waals surface area contributed by atoms with Crippen molar-refractivity contribution in [3.63, 3.8) is 0 Å². The van der Waals surface area contributed by atoms with Gasteiger partial charge in [-0.2, -0.15) is 0 Å². The van der Waals surface area contributed by atoms with Gasteiger partial charge in [-0.15, -0.1) is 0 Å². The van der Waals surface area contributed by atoms with E-state index in [4.69, 9.17) is 5.73 Å². The van der Waals surface area contributed by atoms with E-state index in [0.717, 1.165) is 12.8 Å². The van der Waals surface area contributed by atoms with E-state index in [0.29, 0.717) is 24.5 Å². The predicted molar refractivity (Wildman–Crippen MR) is 67.9 cm³/mol. The molecular weight excluding hydrogens is 232 g/mol. The van der Waals surface area contributed by atoms with Crippen molar-refractivity contribution in [2.75, 3.05) is 18.8 Å². The second kappa shape index (κ2) is 5.12. The first-order valence-corrected chi connectivity index (χ1v) is 6.06. The number of aromatic amines is 1. The maximum Gasteiger partial charge on any atom is 0.270 e. The number of rotatable bonds is 2. The van der Waals surface area contributed by atoms with Crippen molar-refractivity contribution in [3.05, 3.63) is 18.0 Å². The topological polar surface area (TPSA) is 91.2 Å². The third-order valence-corrected chi connectivity index (χ3v) is 3.05. The maximum absolute atomic E-state index is 12.2. The number of nitrogens with one attached hydrogen (secondary N) is 2. The van der Waals surface area contributed by atoms with Crippen molar-refractivity contribution >= 4 is 17.5 Å². The maximum atomic E-state index is 12.2. The molecule has 0 spiro atoms. The van der Waals surface area contributed by atoms with Crippen LogP contribution >= 0.6 is 0 Å². The van der Waals surface area contributed by atoms with Crippen LogP contribution in [-0.2, 0) is 4.79 Å². The second-order valence-electron chi connectivity index (χ2n) is 4.64. The molecule has 2 heterocycles. The average molecular weight is 250 g/mol. The number of anilines is 1. The lowest BCUT2D eigenvalue weighted by atomic mass is 10.1. The van der Waals surface area contributed by atoms with Crippen LogP contribution in [0, 0.1) is 0 Å². The molecule has 1 aliphatic heterocycles. The summed E-state index contributed by atoms with van der Waals surface area (Å²) < 4.78 is 0. The number of H-pyrrole nitrogens is 1. The van der Waals surface area contributed by atoms with Crippen molar-refractivity contribution in [1.29, 1.82) is 0 Å². The molecule has 0 bridgehead atoms. The van der Waals surface area contributed by atoms with E-state index in [9.17, 15) is 9.59 Å². The van der Waals surface area contributed by atoms with Gasteiger partial charge in [-0.1, -0.05) is 0 Å². The summed E-state index contributed by atoms with van der Waals surface area (Å²) in [7, 11) is 0. The average Bonchev–Trinajstić information content (AvgIpc) is 2.74. The summed E-state index contributed by atoms with van der Waals surface area (Å²) in [4.78, 5) is 27.8. The van der Waals surface area contributed by atoms with Crippen molar-refractivity contribution in [2.24, 2.45) is 0 Å². The molecule has 2 amide bonds. The zero-order valence-electron chi connectivity index (χ0n) is 10.4. The van der Waals surface area contributed by atoms with E-state index in [1.54, 1.807) is 17.2 Å². The first-order chi connectivity index (χ1) is 8.56. The lowest BCUT2D eigenvalue weighted by Gasteiger charge is -2.32. The molecule has 0 radical (unpaired) electrons. The van der Waals surface area contributed by atoms with E-state index in [1.807, 2.05) is 0 Å². The zero-order valence-corrected chi connectivity index (χ0v) is 10.4. The number of hydrogen-bond acceptors (Lipinski definition) is 3. The molecule has 1 unspecified atom stereocenters. The third kappa shape index (κ3) is 2.82. The van der Waals surface area contributed by atoms with Crippen LogP contribution in [-0.4, -0.2) is 40.8 Å². The summed E-state index contributed by atoms with van der Waals surface area (Å²) in [5, 5.41) is 2.86. The van der Waals surface area contributed by atoms with E-state index < -0.39 is 0 Å². The van der Waals surface area contributed by atoms with Crippen molar-refractivity contribution < 1.29 is 9.59 Å². The molecule has 6 nitrogen and oxygen atoms in total. The minimum absolute atomic E-state index is 0.0486. The van der Waals surface area contributed by atoms with Gasteiger partial charge in [-0.05, 0) is 18.9 Å². The van der Waals surface area contributed by atoms with Crippen LogP contribution in [0.3, 0.4) is 0 Å². The van der Waals surface area contributed by atoms with E-state index in [2.05, 4.69) is 10.3 Å². The summed E-state index contributed by atoms with van der Waals surface area (Å²) in [6.07, 6.45) is 3.41. The Kier molecular flexibility index (Phi) is 3.55. The van der Waals surface area contributed by atoms with E-state index >= 15 is 0 Å². The first kappa shape index (κ1) is 12.5. The second-order valence-corrected chi connectivity index (χ2v) is 4.64. The number of carbonyl (C=O) groups excluding carboxylic acids is 2. The molecule has 6 heteroatoms. The van der Waals surface area contributed by atoms with Gasteiger partial charge in [0, 0.05) is 37.9 Å². The molecule has 2 rings (SSSR count). The summed E-state index contributed by atoms with van der Waals surface area (Å²) in [6, 6.07) is 1.68. The van der Waals surface area contributed by atoms with E-state index in [-0.39, 0.29) is 17.9 Å². The third-order valence-electron chi connectivity index (χ3n) is 3.05. The number of nitrogens with zero attached hydrogens (tertiary/aromatic N) is 1. The highest BCUT2D eigenvalue weighted by Gasteiger charge is 2.25. The molecule has 1 atom stereocenters. The Morgan fingerprint density at radius 1 is 1.56 bits per heavy atom. The Morgan fingerprint density at radius 3 is 2.94 bits per heavy atom. The van der Waals surface area contributed by atoms with Gasteiger partial charge in [0.2, 0.25) is 5.91 Å². The van der Waals surface area contributed by atoms with E-state index in [1.165, 1.54) is 6.92 Å². The number of hydrogen-bond donors (Lipinski definition) is 3. The van der Waals surface area contributed by atoms with Crippen LogP contribution in [0.2, 0.25) is 0 Å². The molecule has 1 saturated heterocycles. The standard InChI is InChI=1S/C12H18N4O2/c1-8(17)15-10-3-2-4-16(7-10)12(18)11-5-9(13)6-14-11/h5-6,10,14H,2-4,7,13H2,1H3,(H,15,17). The monoisotopic (exact) mass is 250 g/mol. The highest BCUT2D eigenvalue weighted by atomic mass is 16.2. The highest BCUT2D eigenvalue weighted by molar-refractivity contribution is 5.93. The number of amides is 2. The van der Waals surface area contributed by atoms with Crippen molar-refractivity contribution in [2.45, 2.75) is 25.8 Å². The van der Waals surface area contributed by atoms with Crippen LogP contribution < -0.4 is 11.1 Å². The van der Waals surface area contributed by atoms with Crippen LogP contribution in [0.1, 0.15) is 30.3 Å². The number of likely N-dealkylation sites (tertiary alicyclic amines) is 1. The van der Waals surface area contributed by atoms with Gasteiger partial charge in [0.1, 0.15) is 5.69 Å². The van der Waals surface area contributed by atoms with Gasteiger partial charge in [0.25, 0.3) is 5.91 Å². The number of aromatic nitrogens is 1. The molecule has 1 aliphatic rings. The van der Waals surface area contributed by atoms with Gasteiger partial charge in [0.05, 0.1) is 0 Å². The Hall–Kier alpha value is -1.98. The van der Waals surface area contributed by atoms with Gasteiger partial charge in [0.15, 0.2) is 0 Å². The molecule has 1 aromatic rings. The Morgan fingerprint density at radius 2 is 2.33 bits per heavy atom. The molecule has 0 saturated carbocycles. The largest absolute Gasteiger partial charge is 0.397 e. The number of piperidine rings is 1. The first-order valence-electron chi connectivity index (χ1n) is 6.06. The SMILES string of the molecule is CC(=O)NC1CCCN(C(=O)c2cc(N)c[nH]2)C1. The van der Waals surface area contributed by atoms with Crippen LogP contribution in [0.15, 0.2) is 12.3 Å². The fourth-order valence-electron chi connectivity index (χ4n) is 2.27. The van der Waals surface area contributed by atoms with Crippen LogP contribution in [0.25, 0.3) is 0 Å². The Labute approximate surface area is 106 Å². The number of nitrogen functional groups attached to an aromatic ring is 1. The fraction of sp³-hybridized carbons (Fsp3) is 0.500. The quantitative estimate of drug-likeness (QED) is 0.706. The summed E-state index contributed by atoms with van der Waals surface area (Å²) in [6.45, 7) is 2.76. The molecule has 1 aromatic heterocycles. The number of nitrogens with two attached hydrogens (primary N) is 1. The fourth-order valence-corrected chi connectivity index (χ4v) is 2.27. The molecule has 18 heavy (non-hydrogen) atoms. The smallest absolute Gasteiger partial charge is 0.270 e. The zero-order chi connectivity index (χ0) is 13.1. The van der Waals surface area contributed by atoms with Gasteiger partial charge in [-0.25, -0.2) is 0 Å². The Balaban J connectivity index is 2.00. The molecule has 0 aromatic carbocycles. The van der Waals surface area contributed by atoms with Crippen molar-refractivity contribution in [3.8, 4) is 0 Å². The minimum atomic E-state index is -0.0678. The van der Waals surface area contributed by atoms with Gasteiger partial charge in [-0.3, -0.25) is 9.59 Å². The Bertz CT molecular complexity index is 455. The molecule has 1 fully saturated rings. The summed E-state index contributed by atoms with van der Waals surface area (Å²) >= 11 is 0. The molecule has 98 valence electrons. The lowest BCUT2D eigenvalue weighted by Crippen LogP contribution is -2.49.